The number of ether oxygens (including phenoxy) is 2. The minimum Gasteiger partial charge on any atom is -0.494 e. The van der Waals surface area contributed by atoms with Crippen molar-refractivity contribution in [3.05, 3.63) is 23.5 Å². The molecule has 0 aliphatic rings. The maximum Gasteiger partial charge on any atom is 0.419 e. The van der Waals surface area contributed by atoms with Crippen molar-refractivity contribution in [2.24, 2.45) is 0 Å². The van der Waals surface area contributed by atoms with Crippen molar-refractivity contribution in [1.29, 1.82) is 0 Å². The van der Waals surface area contributed by atoms with Crippen molar-refractivity contribution in [3.8, 4) is 5.75 Å². The van der Waals surface area contributed by atoms with Crippen LogP contribution in [0.15, 0.2) is 18.5 Å². The molecule has 0 fully saturated rings. The van der Waals surface area contributed by atoms with Gasteiger partial charge in [0, 0.05) is 18.5 Å². The predicted molar refractivity (Wildman–Crippen MR) is 72.9 cm³/mol. The van der Waals surface area contributed by atoms with Crippen LogP contribution in [0.5, 0.6) is 5.75 Å². The SMILES string of the molecule is COc1ccnc2c(Cl)cn(C(=O)OC(C)(C)C)c12. The molecule has 2 aromatic heterocycles. The molecule has 2 aromatic rings. The van der Waals surface area contributed by atoms with Gasteiger partial charge in [0.1, 0.15) is 22.4 Å². The summed E-state index contributed by atoms with van der Waals surface area (Å²) in [6, 6.07) is 1.67. The highest BCUT2D eigenvalue weighted by Crippen LogP contribution is 2.31. The molecule has 0 saturated heterocycles. The van der Waals surface area contributed by atoms with Gasteiger partial charge in [-0.05, 0) is 20.8 Å². The zero-order valence-corrected chi connectivity index (χ0v) is 12.0. The molecule has 5 nitrogen and oxygen atoms in total. The van der Waals surface area contributed by atoms with Crippen LogP contribution in [0, 0.1) is 0 Å². The second-order valence-corrected chi connectivity index (χ2v) is 5.45. The van der Waals surface area contributed by atoms with E-state index in [2.05, 4.69) is 4.98 Å². The summed E-state index contributed by atoms with van der Waals surface area (Å²) in [5.41, 5.74) is 0.423. The summed E-state index contributed by atoms with van der Waals surface area (Å²) >= 11 is 6.08. The summed E-state index contributed by atoms with van der Waals surface area (Å²) in [4.78, 5) is 16.3. The number of carbonyl (C=O) groups is 1. The Morgan fingerprint density at radius 2 is 2.11 bits per heavy atom. The van der Waals surface area contributed by atoms with Crippen molar-refractivity contribution in [3.63, 3.8) is 0 Å². The number of hydrogen-bond donors (Lipinski definition) is 0. The first-order valence-corrected chi connectivity index (χ1v) is 6.14. The van der Waals surface area contributed by atoms with Gasteiger partial charge in [-0.1, -0.05) is 11.6 Å². The normalized spacial score (nSPS) is 11.6. The van der Waals surface area contributed by atoms with E-state index in [1.807, 2.05) is 0 Å². The van der Waals surface area contributed by atoms with E-state index < -0.39 is 11.7 Å². The number of halogens is 1. The largest absolute Gasteiger partial charge is 0.494 e. The average Bonchev–Trinajstić information content (AvgIpc) is 2.65. The Kier molecular flexibility index (Phi) is 3.41. The van der Waals surface area contributed by atoms with Crippen LogP contribution < -0.4 is 4.74 Å². The summed E-state index contributed by atoms with van der Waals surface area (Å²) in [5, 5.41) is 0.375. The standard InChI is InChI=1S/C13H15ClN2O3/c1-13(2,3)19-12(17)16-7-8(14)10-11(16)9(18-4)5-6-15-10/h5-7H,1-4H3. The van der Waals surface area contributed by atoms with E-state index in [0.717, 1.165) is 0 Å². The van der Waals surface area contributed by atoms with E-state index in [0.29, 0.717) is 21.8 Å². The number of fused-ring (bicyclic) bond motifs is 1. The molecule has 0 aliphatic heterocycles. The molecule has 6 heteroatoms. The molecule has 2 heterocycles. The summed E-state index contributed by atoms with van der Waals surface area (Å²) in [6.07, 6.45) is 2.54. The van der Waals surface area contributed by atoms with Gasteiger partial charge in [0.2, 0.25) is 0 Å². The van der Waals surface area contributed by atoms with Crippen LogP contribution in [-0.4, -0.2) is 28.4 Å². The lowest BCUT2D eigenvalue weighted by Crippen LogP contribution is -2.26. The highest BCUT2D eigenvalue weighted by Gasteiger charge is 2.22. The Balaban J connectivity index is 2.58. The highest BCUT2D eigenvalue weighted by molar-refractivity contribution is 6.35. The predicted octanol–water partition coefficient (Wildman–Crippen LogP) is 3.48. The molecule has 0 unspecified atom stereocenters. The van der Waals surface area contributed by atoms with Crippen LogP contribution in [-0.2, 0) is 4.74 Å². The first-order chi connectivity index (χ1) is 8.83. The van der Waals surface area contributed by atoms with Gasteiger partial charge in [0.15, 0.2) is 0 Å². The molecule has 19 heavy (non-hydrogen) atoms. The molecule has 0 N–H and O–H groups in total. The van der Waals surface area contributed by atoms with Crippen LogP contribution in [0.2, 0.25) is 5.02 Å². The van der Waals surface area contributed by atoms with Crippen molar-refractivity contribution >= 4 is 28.7 Å². The minimum absolute atomic E-state index is 0.375. The molecule has 0 radical (unpaired) electrons. The van der Waals surface area contributed by atoms with E-state index in [9.17, 15) is 4.79 Å². The average molecular weight is 283 g/mol. The highest BCUT2D eigenvalue weighted by atomic mass is 35.5. The lowest BCUT2D eigenvalue weighted by atomic mass is 10.2. The Bertz CT molecular complexity index is 629. The van der Waals surface area contributed by atoms with Crippen LogP contribution in [0.3, 0.4) is 0 Å². The van der Waals surface area contributed by atoms with E-state index in [-0.39, 0.29) is 0 Å². The minimum atomic E-state index is -0.588. The van der Waals surface area contributed by atoms with Crippen LogP contribution >= 0.6 is 11.6 Å². The summed E-state index contributed by atoms with van der Waals surface area (Å²) in [7, 11) is 1.52. The quantitative estimate of drug-likeness (QED) is 0.803. The summed E-state index contributed by atoms with van der Waals surface area (Å²) in [6.45, 7) is 5.40. The number of hydrogen-bond acceptors (Lipinski definition) is 4. The number of pyridine rings is 1. The number of aromatic nitrogens is 2. The molecular formula is C13H15ClN2O3. The van der Waals surface area contributed by atoms with Gasteiger partial charge in [0.05, 0.1) is 12.1 Å². The van der Waals surface area contributed by atoms with E-state index in [1.54, 1.807) is 33.0 Å². The molecule has 0 spiro atoms. The van der Waals surface area contributed by atoms with Crippen LogP contribution in [0.25, 0.3) is 11.0 Å². The lowest BCUT2D eigenvalue weighted by molar-refractivity contribution is 0.0544. The number of rotatable bonds is 1. The summed E-state index contributed by atoms with van der Waals surface area (Å²) < 4.78 is 11.9. The molecule has 0 saturated carbocycles. The van der Waals surface area contributed by atoms with Gasteiger partial charge >= 0.3 is 6.09 Å². The molecule has 0 atom stereocenters. The molecule has 0 aromatic carbocycles. The Hall–Kier alpha value is -1.75. The second kappa shape index (κ2) is 4.74. The molecule has 0 aliphatic carbocycles. The topological polar surface area (TPSA) is 53.4 Å². The maximum absolute atomic E-state index is 12.2. The van der Waals surface area contributed by atoms with Crippen molar-refractivity contribution in [2.75, 3.05) is 7.11 Å². The third kappa shape index (κ3) is 2.66. The Labute approximate surface area is 116 Å². The fourth-order valence-electron chi connectivity index (χ4n) is 1.70. The van der Waals surface area contributed by atoms with Gasteiger partial charge in [-0.3, -0.25) is 4.98 Å². The molecule has 0 bridgehead atoms. The maximum atomic E-state index is 12.2. The van der Waals surface area contributed by atoms with E-state index in [4.69, 9.17) is 21.1 Å². The lowest BCUT2D eigenvalue weighted by Gasteiger charge is -2.20. The van der Waals surface area contributed by atoms with Crippen molar-refractivity contribution in [1.82, 2.24) is 9.55 Å². The zero-order chi connectivity index (χ0) is 14.2. The number of carbonyl (C=O) groups excluding carboxylic acids is 1. The van der Waals surface area contributed by atoms with Crippen LogP contribution in [0.4, 0.5) is 4.79 Å². The Morgan fingerprint density at radius 3 is 2.68 bits per heavy atom. The molecule has 0 amide bonds. The first kappa shape index (κ1) is 13.7. The van der Waals surface area contributed by atoms with Crippen molar-refractivity contribution in [2.45, 2.75) is 26.4 Å². The van der Waals surface area contributed by atoms with Gasteiger partial charge < -0.3 is 9.47 Å². The van der Waals surface area contributed by atoms with E-state index >= 15 is 0 Å². The van der Waals surface area contributed by atoms with E-state index in [1.165, 1.54) is 17.9 Å². The van der Waals surface area contributed by atoms with Gasteiger partial charge in [-0.15, -0.1) is 0 Å². The molecular weight excluding hydrogens is 268 g/mol. The third-order valence-electron chi connectivity index (χ3n) is 2.41. The van der Waals surface area contributed by atoms with Gasteiger partial charge in [-0.25, -0.2) is 9.36 Å². The van der Waals surface area contributed by atoms with Crippen molar-refractivity contribution < 1.29 is 14.3 Å². The zero-order valence-electron chi connectivity index (χ0n) is 11.2. The molecule has 102 valence electrons. The smallest absolute Gasteiger partial charge is 0.419 e. The molecule has 2 rings (SSSR count). The third-order valence-corrected chi connectivity index (χ3v) is 2.68. The fraction of sp³-hybridized carbons (Fsp3) is 0.385. The fourth-order valence-corrected chi connectivity index (χ4v) is 1.94. The second-order valence-electron chi connectivity index (χ2n) is 5.04. The Morgan fingerprint density at radius 1 is 1.42 bits per heavy atom. The summed E-state index contributed by atoms with van der Waals surface area (Å²) in [5.74, 6) is 0.516. The number of methoxy groups -OCH3 is 1. The van der Waals surface area contributed by atoms with Gasteiger partial charge in [-0.2, -0.15) is 0 Å². The first-order valence-electron chi connectivity index (χ1n) is 5.76. The van der Waals surface area contributed by atoms with Crippen LogP contribution in [0.1, 0.15) is 20.8 Å². The van der Waals surface area contributed by atoms with Gasteiger partial charge in [0.25, 0.3) is 0 Å². The number of nitrogens with zero attached hydrogens (tertiary/aromatic N) is 2. The monoisotopic (exact) mass is 282 g/mol.